The highest BCUT2D eigenvalue weighted by Gasteiger charge is 2.37. The summed E-state index contributed by atoms with van der Waals surface area (Å²) >= 11 is 0. The number of carbonyl (C=O) groups excluding carboxylic acids is 1. The molecule has 0 fully saturated rings. The highest BCUT2D eigenvalue weighted by molar-refractivity contribution is 5.74. The van der Waals surface area contributed by atoms with E-state index in [1.807, 2.05) is 0 Å². The second-order valence-electron chi connectivity index (χ2n) is 4.71. The molecule has 0 bridgehead atoms. The van der Waals surface area contributed by atoms with Crippen LogP contribution < -0.4 is 11.1 Å². The molecule has 0 unspecified atom stereocenters. The van der Waals surface area contributed by atoms with Crippen molar-refractivity contribution in [1.82, 2.24) is 5.32 Å². The van der Waals surface area contributed by atoms with Crippen LogP contribution in [0.5, 0.6) is 0 Å². The summed E-state index contributed by atoms with van der Waals surface area (Å²) in [7, 11) is 0. The van der Waals surface area contributed by atoms with Crippen molar-refractivity contribution in [2.75, 3.05) is 6.61 Å². The number of carbonyl (C=O) groups is 2. The zero-order valence-corrected chi connectivity index (χ0v) is 11.5. The zero-order chi connectivity index (χ0) is 16.7. The maximum atomic E-state index is 11.1. The van der Waals surface area contributed by atoms with Crippen molar-refractivity contribution in [3.05, 3.63) is 0 Å². The van der Waals surface area contributed by atoms with Crippen LogP contribution in [0.2, 0.25) is 0 Å². The standard InChI is InChI=1S/C11H22N2O8/c1-4(15)13-8(6(16)2-5(12)11(20)21)10(19)9(18)7(17)3-14/h5-10,14,16-19H,2-3,12H2,1H3,(H,13,15)(H,20,21)/t5-,6+,7+,8+,9+,10+/m0/s1. The summed E-state index contributed by atoms with van der Waals surface area (Å²) < 4.78 is 0. The van der Waals surface area contributed by atoms with E-state index in [4.69, 9.17) is 15.9 Å². The number of rotatable bonds is 9. The Labute approximate surface area is 120 Å². The highest BCUT2D eigenvalue weighted by Crippen LogP contribution is 2.12. The summed E-state index contributed by atoms with van der Waals surface area (Å²) in [4.78, 5) is 21.7. The van der Waals surface area contributed by atoms with Gasteiger partial charge in [-0.15, -0.1) is 0 Å². The van der Waals surface area contributed by atoms with Gasteiger partial charge in [0.25, 0.3) is 0 Å². The maximum Gasteiger partial charge on any atom is 0.320 e. The fourth-order valence-corrected chi connectivity index (χ4v) is 1.70. The van der Waals surface area contributed by atoms with Crippen LogP contribution in [0.1, 0.15) is 13.3 Å². The van der Waals surface area contributed by atoms with E-state index >= 15 is 0 Å². The van der Waals surface area contributed by atoms with Gasteiger partial charge in [0, 0.05) is 13.3 Å². The molecule has 0 saturated heterocycles. The summed E-state index contributed by atoms with van der Waals surface area (Å²) in [6.07, 6.45) is -7.49. The Balaban J connectivity index is 5.00. The average Bonchev–Trinajstić information content (AvgIpc) is 2.41. The molecule has 0 saturated carbocycles. The quantitative estimate of drug-likeness (QED) is 0.208. The van der Waals surface area contributed by atoms with E-state index in [1.54, 1.807) is 0 Å². The summed E-state index contributed by atoms with van der Waals surface area (Å²) in [6, 6.07) is -2.91. The third kappa shape index (κ3) is 6.33. The molecule has 1 amide bonds. The van der Waals surface area contributed by atoms with Gasteiger partial charge in [-0.2, -0.15) is 0 Å². The summed E-state index contributed by atoms with van der Waals surface area (Å²) in [5, 5.41) is 58.1. The molecule has 9 N–H and O–H groups in total. The number of hydrogen-bond donors (Lipinski definition) is 8. The average molecular weight is 310 g/mol. The molecule has 10 heteroatoms. The van der Waals surface area contributed by atoms with Gasteiger partial charge in [0.15, 0.2) is 0 Å². The van der Waals surface area contributed by atoms with Crippen molar-refractivity contribution < 1.29 is 40.2 Å². The molecule has 0 heterocycles. The van der Waals surface area contributed by atoms with Crippen molar-refractivity contribution >= 4 is 11.9 Å². The van der Waals surface area contributed by atoms with Crippen LogP contribution in [0.25, 0.3) is 0 Å². The molecule has 0 aromatic carbocycles. The van der Waals surface area contributed by atoms with Crippen LogP contribution in [0, 0.1) is 0 Å². The molecule has 124 valence electrons. The van der Waals surface area contributed by atoms with Crippen molar-refractivity contribution in [1.29, 1.82) is 0 Å². The van der Waals surface area contributed by atoms with E-state index in [9.17, 15) is 30.0 Å². The van der Waals surface area contributed by atoms with Crippen LogP contribution in [-0.2, 0) is 9.59 Å². The third-order valence-corrected chi connectivity index (χ3v) is 2.90. The molecule has 0 aliphatic rings. The van der Waals surface area contributed by atoms with Gasteiger partial charge in [0.1, 0.15) is 24.4 Å². The number of carboxylic acids is 1. The number of amides is 1. The van der Waals surface area contributed by atoms with Gasteiger partial charge >= 0.3 is 5.97 Å². The Morgan fingerprint density at radius 3 is 2.00 bits per heavy atom. The monoisotopic (exact) mass is 310 g/mol. The number of aliphatic carboxylic acids is 1. The predicted octanol–water partition coefficient (Wildman–Crippen LogP) is -4.27. The first-order valence-corrected chi connectivity index (χ1v) is 6.20. The second kappa shape index (κ2) is 8.87. The molecular weight excluding hydrogens is 288 g/mol. The molecule has 0 aromatic heterocycles. The molecular formula is C11H22N2O8. The van der Waals surface area contributed by atoms with E-state index in [-0.39, 0.29) is 0 Å². The number of carboxylic acid groups (broad SMARTS) is 1. The first-order chi connectivity index (χ1) is 9.61. The first kappa shape index (κ1) is 19.7. The number of aliphatic hydroxyl groups excluding tert-OH is 5. The number of hydrogen-bond acceptors (Lipinski definition) is 8. The number of nitrogens with one attached hydrogen (secondary N) is 1. The Bertz CT molecular complexity index is 353. The van der Waals surface area contributed by atoms with Gasteiger partial charge in [-0.05, 0) is 0 Å². The van der Waals surface area contributed by atoms with E-state index in [1.165, 1.54) is 0 Å². The fraction of sp³-hybridized carbons (Fsp3) is 0.818. The number of aliphatic hydroxyl groups is 5. The fourth-order valence-electron chi connectivity index (χ4n) is 1.70. The Morgan fingerprint density at radius 1 is 1.10 bits per heavy atom. The van der Waals surface area contributed by atoms with E-state index in [2.05, 4.69) is 5.32 Å². The SMILES string of the molecule is CC(=O)N[C@@H]([C@@H](O)[C@H](O)[C@H](O)CO)[C@H](O)C[C@H](N)C(=O)O. The van der Waals surface area contributed by atoms with E-state index in [0.29, 0.717) is 0 Å². The Kier molecular flexibility index (Phi) is 8.32. The molecule has 0 aliphatic carbocycles. The number of nitrogens with two attached hydrogens (primary N) is 1. The van der Waals surface area contributed by atoms with Crippen molar-refractivity contribution in [3.8, 4) is 0 Å². The lowest BCUT2D eigenvalue weighted by atomic mass is 9.93. The second-order valence-corrected chi connectivity index (χ2v) is 4.71. The van der Waals surface area contributed by atoms with E-state index < -0.39 is 61.4 Å². The summed E-state index contributed by atoms with van der Waals surface area (Å²) in [5.74, 6) is -2.05. The smallest absolute Gasteiger partial charge is 0.320 e. The minimum Gasteiger partial charge on any atom is -0.480 e. The summed E-state index contributed by atoms with van der Waals surface area (Å²) in [6.45, 7) is 0.230. The van der Waals surface area contributed by atoms with Gasteiger partial charge in [-0.3, -0.25) is 9.59 Å². The van der Waals surface area contributed by atoms with Crippen LogP contribution in [0.3, 0.4) is 0 Å². The van der Waals surface area contributed by atoms with Gasteiger partial charge in [0.05, 0.1) is 18.8 Å². The van der Waals surface area contributed by atoms with Crippen LogP contribution in [0.15, 0.2) is 0 Å². The Hall–Kier alpha value is -1.30. The predicted molar refractivity (Wildman–Crippen MR) is 68.9 cm³/mol. The zero-order valence-electron chi connectivity index (χ0n) is 11.5. The normalized spacial score (nSPS) is 20.0. The van der Waals surface area contributed by atoms with Crippen LogP contribution >= 0.6 is 0 Å². The molecule has 10 nitrogen and oxygen atoms in total. The van der Waals surface area contributed by atoms with Crippen LogP contribution in [0.4, 0.5) is 0 Å². The van der Waals surface area contributed by atoms with Gasteiger partial charge in [-0.25, -0.2) is 0 Å². The Morgan fingerprint density at radius 2 is 1.62 bits per heavy atom. The van der Waals surface area contributed by atoms with Gasteiger partial charge in [0.2, 0.25) is 5.91 Å². The van der Waals surface area contributed by atoms with Crippen molar-refractivity contribution in [3.63, 3.8) is 0 Å². The molecule has 0 radical (unpaired) electrons. The minimum absolute atomic E-state index is 0.501. The minimum atomic E-state index is -1.86. The lowest BCUT2D eigenvalue weighted by molar-refractivity contribution is -0.140. The lowest BCUT2D eigenvalue weighted by Gasteiger charge is -2.32. The third-order valence-electron chi connectivity index (χ3n) is 2.90. The van der Waals surface area contributed by atoms with E-state index in [0.717, 1.165) is 6.92 Å². The van der Waals surface area contributed by atoms with Crippen molar-refractivity contribution in [2.24, 2.45) is 5.73 Å². The highest BCUT2D eigenvalue weighted by atomic mass is 16.4. The molecule has 0 aliphatic heterocycles. The topological polar surface area (TPSA) is 194 Å². The first-order valence-electron chi connectivity index (χ1n) is 6.20. The van der Waals surface area contributed by atoms with Gasteiger partial charge in [-0.1, -0.05) is 0 Å². The largest absolute Gasteiger partial charge is 0.480 e. The maximum absolute atomic E-state index is 11.1. The molecule has 0 spiro atoms. The molecule has 0 aromatic rings. The summed E-state index contributed by atoms with van der Waals surface area (Å²) in [5.41, 5.74) is 5.24. The molecule has 21 heavy (non-hydrogen) atoms. The van der Waals surface area contributed by atoms with Crippen LogP contribution in [-0.4, -0.2) is 85.6 Å². The molecule has 6 atom stereocenters. The molecule has 0 rings (SSSR count). The van der Waals surface area contributed by atoms with Crippen molar-refractivity contribution in [2.45, 2.75) is 49.8 Å². The van der Waals surface area contributed by atoms with Gasteiger partial charge < -0.3 is 41.7 Å². The lowest BCUT2D eigenvalue weighted by Crippen LogP contribution is -2.58.